The second-order valence-electron chi connectivity index (χ2n) is 6.47. The summed E-state index contributed by atoms with van der Waals surface area (Å²) in [5, 5.41) is 20.8. The zero-order valence-corrected chi connectivity index (χ0v) is 14.8. The molecule has 1 unspecified atom stereocenters. The molecule has 6 heteroatoms. The number of ketones is 1. The SMILES string of the molecule is O=C1C(=O)N(Cc2ccco2)C(c2cccc(O)c2)/C1=C(\O)c1ccccc1. The average Bonchev–Trinajstić information content (AvgIpc) is 3.30. The van der Waals surface area contributed by atoms with E-state index in [1.807, 2.05) is 0 Å². The fourth-order valence-electron chi connectivity index (χ4n) is 3.41. The van der Waals surface area contributed by atoms with Crippen molar-refractivity contribution in [3.8, 4) is 5.75 Å². The van der Waals surface area contributed by atoms with Crippen molar-refractivity contribution >= 4 is 17.4 Å². The number of benzene rings is 2. The highest BCUT2D eigenvalue weighted by molar-refractivity contribution is 6.46. The van der Waals surface area contributed by atoms with Crippen molar-refractivity contribution in [2.75, 3.05) is 0 Å². The van der Waals surface area contributed by atoms with Gasteiger partial charge in [0.1, 0.15) is 17.3 Å². The molecule has 2 aromatic carbocycles. The molecule has 2 heterocycles. The van der Waals surface area contributed by atoms with Gasteiger partial charge in [-0.1, -0.05) is 42.5 Å². The third-order valence-electron chi connectivity index (χ3n) is 4.68. The molecule has 0 bridgehead atoms. The van der Waals surface area contributed by atoms with Crippen LogP contribution in [0.1, 0.15) is 22.9 Å². The van der Waals surface area contributed by atoms with Crippen molar-refractivity contribution < 1.29 is 24.2 Å². The van der Waals surface area contributed by atoms with Crippen molar-refractivity contribution in [3.05, 3.63) is 95.5 Å². The summed E-state index contributed by atoms with van der Waals surface area (Å²) in [7, 11) is 0. The fraction of sp³-hybridized carbons (Fsp3) is 0.0909. The van der Waals surface area contributed by atoms with Gasteiger partial charge in [-0.3, -0.25) is 9.59 Å². The molecule has 3 aromatic rings. The molecule has 1 saturated heterocycles. The molecule has 1 aliphatic heterocycles. The number of aromatic hydroxyl groups is 1. The summed E-state index contributed by atoms with van der Waals surface area (Å²) in [5.41, 5.74) is 0.931. The summed E-state index contributed by atoms with van der Waals surface area (Å²) in [5.74, 6) is -1.26. The Kier molecular flexibility index (Phi) is 4.45. The maximum Gasteiger partial charge on any atom is 0.296 e. The molecule has 0 radical (unpaired) electrons. The van der Waals surface area contributed by atoms with E-state index in [0.29, 0.717) is 16.9 Å². The lowest BCUT2D eigenvalue weighted by atomic mass is 9.95. The largest absolute Gasteiger partial charge is 0.508 e. The first-order valence-corrected chi connectivity index (χ1v) is 8.71. The van der Waals surface area contributed by atoms with Crippen LogP contribution in [0, 0.1) is 0 Å². The number of hydrogen-bond donors (Lipinski definition) is 2. The molecule has 4 rings (SSSR count). The quantitative estimate of drug-likeness (QED) is 0.413. The highest BCUT2D eigenvalue weighted by atomic mass is 16.3. The number of aliphatic hydroxyl groups excluding tert-OH is 1. The molecule has 0 saturated carbocycles. The molecule has 1 fully saturated rings. The van der Waals surface area contributed by atoms with E-state index in [2.05, 4.69) is 0 Å². The average molecular weight is 375 g/mol. The predicted octanol–water partition coefficient (Wildman–Crippen LogP) is 3.61. The smallest absolute Gasteiger partial charge is 0.296 e. The molecule has 1 amide bonds. The number of carbonyl (C=O) groups is 2. The number of carbonyl (C=O) groups excluding carboxylic acids is 2. The zero-order valence-electron chi connectivity index (χ0n) is 14.8. The van der Waals surface area contributed by atoms with Crippen LogP contribution in [0.5, 0.6) is 5.75 Å². The van der Waals surface area contributed by atoms with E-state index in [0.717, 1.165) is 0 Å². The van der Waals surface area contributed by atoms with Crippen molar-refractivity contribution in [1.82, 2.24) is 4.90 Å². The Hall–Kier alpha value is -3.80. The van der Waals surface area contributed by atoms with E-state index in [9.17, 15) is 19.8 Å². The van der Waals surface area contributed by atoms with Crippen molar-refractivity contribution in [2.24, 2.45) is 0 Å². The van der Waals surface area contributed by atoms with Crippen LogP contribution in [0.25, 0.3) is 5.76 Å². The second kappa shape index (κ2) is 7.08. The van der Waals surface area contributed by atoms with Crippen LogP contribution in [0.3, 0.4) is 0 Å². The number of hydrogen-bond acceptors (Lipinski definition) is 5. The Morgan fingerprint density at radius 2 is 1.79 bits per heavy atom. The normalized spacial score (nSPS) is 18.6. The van der Waals surface area contributed by atoms with Gasteiger partial charge in [0, 0.05) is 5.56 Å². The summed E-state index contributed by atoms with van der Waals surface area (Å²) in [6.45, 7) is 0.0590. The highest BCUT2D eigenvalue weighted by Gasteiger charge is 2.46. The molecule has 1 atom stereocenters. The van der Waals surface area contributed by atoms with E-state index >= 15 is 0 Å². The van der Waals surface area contributed by atoms with Gasteiger partial charge in [0.05, 0.1) is 24.4 Å². The Morgan fingerprint density at radius 1 is 1.00 bits per heavy atom. The van der Waals surface area contributed by atoms with Gasteiger partial charge in [-0.25, -0.2) is 0 Å². The van der Waals surface area contributed by atoms with E-state index in [1.54, 1.807) is 54.6 Å². The van der Waals surface area contributed by atoms with Crippen molar-refractivity contribution in [3.63, 3.8) is 0 Å². The lowest BCUT2D eigenvalue weighted by Crippen LogP contribution is -2.29. The summed E-state index contributed by atoms with van der Waals surface area (Å²) < 4.78 is 5.33. The number of phenolic OH excluding ortho intramolecular Hbond substituents is 1. The Balaban J connectivity index is 1.88. The minimum Gasteiger partial charge on any atom is -0.508 e. The van der Waals surface area contributed by atoms with Crippen LogP contribution in [0.2, 0.25) is 0 Å². The molecule has 28 heavy (non-hydrogen) atoms. The number of aliphatic hydroxyl groups is 1. The Labute approximate surface area is 161 Å². The van der Waals surface area contributed by atoms with Crippen LogP contribution in [0.15, 0.2) is 83.0 Å². The van der Waals surface area contributed by atoms with E-state index in [4.69, 9.17) is 4.42 Å². The third-order valence-corrected chi connectivity index (χ3v) is 4.68. The number of furan rings is 1. The number of likely N-dealkylation sites (tertiary alicyclic amines) is 1. The number of nitrogens with zero attached hydrogens (tertiary/aromatic N) is 1. The number of phenols is 1. The standard InChI is InChI=1S/C22H17NO5/c24-16-9-4-8-15(12-16)19-18(20(25)14-6-2-1-3-7-14)21(26)22(27)23(19)13-17-10-5-11-28-17/h1-12,19,24-25H,13H2/b20-18+. The monoisotopic (exact) mass is 375 g/mol. The summed E-state index contributed by atoms with van der Waals surface area (Å²) in [6, 6.07) is 17.4. The minimum atomic E-state index is -0.850. The summed E-state index contributed by atoms with van der Waals surface area (Å²) in [4.78, 5) is 26.9. The van der Waals surface area contributed by atoms with E-state index < -0.39 is 17.7 Å². The van der Waals surface area contributed by atoms with Gasteiger partial charge in [-0.15, -0.1) is 0 Å². The topological polar surface area (TPSA) is 91.0 Å². The summed E-state index contributed by atoms with van der Waals surface area (Å²) in [6.07, 6.45) is 1.49. The van der Waals surface area contributed by atoms with Crippen molar-refractivity contribution in [1.29, 1.82) is 0 Å². The highest BCUT2D eigenvalue weighted by Crippen LogP contribution is 2.40. The predicted molar refractivity (Wildman–Crippen MR) is 101 cm³/mol. The third kappa shape index (κ3) is 3.05. The number of rotatable bonds is 4. The van der Waals surface area contributed by atoms with Gasteiger partial charge in [0.25, 0.3) is 11.7 Å². The molecule has 6 nitrogen and oxygen atoms in total. The van der Waals surface area contributed by atoms with E-state index in [-0.39, 0.29) is 23.6 Å². The molecule has 0 aliphatic carbocycles. The van der Waals surface area contributed by atoms with Crippen LogP contribution < -0.4 is 0 Å². The maximum absolute atomic E-state index is 12.8. The van der Waals surface area contributed by atoms with Crippen LogP contribution in [-0.4, -0.2) is 26.8 Å². The van der Waals surface area contributed by atoms with Crippen molar-refractivity contribution in [2.45, 2.75) is 12.6 Å². The molecule has 2 N–H and O–H groups in total. The number of Topliss-reactive ketones (excluding diaryl/α,β-unsaturated/α-hetero) is 1. The fourth-order valence-corrected chi connectivity index (χ4v) is 3.41. The number of amides is 1. The first-order valence-electron chi connectivity index (χ1n) is 8.71. The molecule has 1 aliphatic rings. The van der Waals surface area contributed by atoms with Crippen LogP contribution in [-0.2, 0) is 16.1 Å². The van der Waals surface area contributed by atoms with Crippen LogP contribution in [0.4, 0.5) is 0 Å². The first-order chi connectivity index (χ1) is 13.6. The minimum absolute atomic E-state index is 0.000738. The lowest BCUT2D eigenvalue weighted by Gasteiger charge is -2.24. The van der Waals surface area contributed by atoms with Gasteiger partial charge in [0.15, 0.2) is 0 Å². The van der Waals surface area contributed by atoms with Gasteiger partial charge in [-0.2, -0.15) is 0 Å². The van der Waals surface area contributed by atoms with Gasteiger partial charge in [-0.05, 0) is 29.8 Å². The molecular formula is C22H17NO5. The molecular weight excluding hydrogens is 358 g/mol. The Morgan fingerprint density at radius 3 is 2.46 bits per heavy atom. The van der Waals surface area contributed by atoms with Gasteiger partial charge in [0.2, 0.25) is 0 Å². The van der Waals surface area contributed by atoms with E-state index in [1.165, 1.54) is 23.3 Å². The molecule has 0 spiro atoms. The summed E-state index contributed by atoms with van der Waals surface area (Å²) >= 11 is 0. The Bertz CT molecular complexity index is 1050. The maximum atomic E-state index is 12.8. The van der Waals surface area contributed by atoms with Gasteiger partial charge < -0.3 is 19.5 Å². The van der Waals surface area contributed by atoms with Gasteiger partial charge >= 0.3 is 0 Å². The molecule has 1 aromatic heterocycles. The molecule has 140 valence electrons. The van der Waals surface area contributed by atoms with Crippen LogP contribution >= 0.6 is 0 Å². The second-order valence-corrected chi connectivity index (χ2v) is 6.47. The lowest BCUT2D eigenvalue weighted by molar-refractivity contribution is -0.140. The zero-order chi connectivity index (χ0) is 19.7. The first kappa shape index (κ1) is 17.6.